The van der Waals surface area contributed by atoms with Gasteiger partial charge in [-0.3, -0.25) is 14.5 Å². The van der Waals surface area contributed by atoms with Crippen molar-refractivity contribution in [2.45, 2.75) is 33.6 Å². The molecule has 110 valence electrons. The first-order valence-electron chi connectivity index (χ1n) is 6.81. The van der Waals surface area contributed by atoms with Gasteiger partial charge in [-0.05, 0) is 24.1 Å². The van der Waals surface area contributed by atoms with E-state index in [1.165, 1.54) is 11.3 Å². The van der Waals surface area contributed by atoms with Crippen molar-refractivity contribution in [3.63, 3.8) is 0 Å². The van der Waals surface area contributed by atoms with Crippen molar-refractivity contribution >= 4 is 17.6 Å². The van der Waals surface area contributed by atoms with Crippen LogP contribution in [0.3, 0.4) is 0 Å². The Kier molecular flexibility index (Phi) is 6.03. The topological polar surface area (TPSA) is 66.8 Å². The largest absolute Gasteiger partial charge is 0.482 e. The van der Waals surface area contributed by atoms with Crippen LogP contribution in [0.15, 0.2) is 18.2 Å². The summed E-state index contributed by atoms with van der Waals surface area (Å²) in [5.74, 6) is -0.802. The van der Waals surface area contributed by atoms with Crippen LogP contribution in [0.2, 0.25) is 0 Å². The number of hydrogen-bond donors (Lipinski definition) is 1. The fraction of sp³-hybridized carbons (Fsp3) is 0.467. The number of carbonyl (C=O) groups excluding carboxylic acids is 1. The molecule has 0 saturated carbocycles. The van der Waals surface area contributed by atoms with Crippen LogP contribution in [0.1, 0.15) is 32.8 Å². The standard InChI is InChI=1S/C12H13NO4.C3H8/c1-2-8-3-4-10-9(5-8)13(6-12(15)16)11(14)7-17-10;1-3-2/h3-5H,2,6-7H2,1H3,(H,15,16);3H2,1-2H3. The average Bonchev–Trinajstić information content (AvgIpc) is 2.42. The van der Waals surface area contributed by atoms with Crippen LogP contribution in [0.5, 0.6) is 5.75 Å². The van der Waals surface area contributed by atoms with Crippen LogP contribution in [-0.4, -0.2) is 30.1 Å². The van der Waals surface area contributed by atoms with Gasteiger partial charge in [0.05, 0.1) is 5.69 Å². The highest BCUT2D eigenvalue weighted by molar-refractivity contribution is 6.01. The highest BCUT2D eigenvalue weighted by Crippen LogP contribution is 2.32. The Morgan fingerprint density at radius 1 is 1.35 bits per heavy atom. The normalized spacial score (nSPS) is 12.9. The number of carboxylic acid groups (broad SMARTS) is 1. The predicted molar refractivity (Wildman–Crippen MR) is 77.3 cm³/mol. The monoisotopic (exact) mass is 279 g/mol. The molecule has 0 aliphatic carbocycles. The van der Waals surface area contributed by atoms with Crippen molar-refractivity contribution in [1.29, 1.82) is 0 Å². The second-order valence-electron chi connectivity index (χ2n) is 4.53. The first-order valence-corrected chi connectivity index (χ1v) is 6.81. The predicted octanol–water partition coefficient (Wildman–Crippen LogP) is 2.48. The van der Waals surface area contributed by atoms with E-state index >= 15 is 0 Å². The van der Waals surface area contributed by atoms with E-state index in [4.69, 9.17) is 9.84 Å². The maximum absolute atomic E-state index is 11.6. The van der Waals surface area contributed by atoms with E-state index in [-0.39, 0.29) is 19.1 Å². The van der Waals surface area contributed by atoms with Gasteiger partial charge < -0.3 is 9.84 Å². The van der Waals surface area contributed by atoms with E-state index in [0.717, 1.165) is 12.0 Å². The van der Waals surface area contributed by atoms with Crippen LogP contribution < -0.4 is 9.64 Å². The number of amides is 1. The van der Waals surface area contributed by atoms with Gasteiger partial charge in [-0.1, -0.05) is 33.3 Å². The van der Waals surface area contributed by atoms with Gasteiger partial charge in [-0.25, -0.2) is 0 Å². The van der Waals surface area contributed by atoms with Gasteiger partial charge in [0.15, 0.2) is 6.61 Å². The second kappa shape index (κ2) is 7.53. The van der Waals surface area contributed by atoms with E-state index < -0.39 is 5.97 Å². The van der Waals surface area contributed by atoms with Gasteiger partial charge in [-0.2, -0.15) is 0 Å². The van der Waals surface area contributed by atoms with Crippen LogP contribution in [0.25, 0.3) is 0 Å². The summed E-state index contributed by atoms with van der Waals surface area (Å²) in [6.45, 7) is 5.81. The van der Waals surface area contributed by atoms with Crippen molar-refractivity contribution in [2.75, 3.05) is 18.1 Å². The SMILES string of the molecule is CCC.CCc1ccc2c(c1)N(CC(=O)O)C(=O)CO2. The zero-order chi connectivity index (χ0) is 15.1. The molecule has 1 aromatic carbocycles. The molecule has 5 nitrogen and oxygen atoms in total. The number of carbonyl (C=O) groups is 2. The van der Waals surface area contributed by atoms with E-state index in [1.54, 1.807) is 12.1 Å². The van der Waals surface area contributed by atoms with Gasteiger partial charge in [-0.15, -0.1) is 0 Å². The molecule has 0 radical (unpaired) electrons. The van der Waals surface area contributed by atoms with Gasteiger partial charge in [0.25, 0.3) is 5.91 Å². The lowest BCUT2D eigenvalue weighted by atomic mass is 10.1. The third kappa shape index (κ3) is 3.98. The van der Waals surface area contributed by atoms with Gasteiger partial charge in [0.2, 0.25) is 0 Å². The van der Waals surface area contributed by atoms with Crippen molar-refractivity contribution in [3.05, 3.63) is 23.8 Å². The molecule has 1 aliphatic heterocycles. The molecular formula is C15H21NO4. The van der Waals surface area contributed by atoms with E-state index in [0.29, 0.717) is 11.4 Å². The minimum Gasteiger partial charge on any atom is -0.482 e. The Morgan fingerprint density at radius 3 is 2.55 bits per heavy atom. The molecule has 0 spiro atoms. The molecule has 1 aromatic rings. The summed E-state index contributed by atoms with van der Waals surface area (Å²) in [7, 11) is 0. The minimum absolute atomic E-state index is 0.105. The number of hydrogen-bond acceptors (Lipinski definition) is 3. The molecule has 1 heterocycles. The van der Waals surface area contributed by atoms with E-state index in [9.17, 15) is 9.59 Å². The summed E-state index contributed by atoms with van der Waals surface area (Å²) in [5, 5.41) is 8.80. The lowest BCUT2D eigenvalue weighted by Gasteiger charge is -2.28. The smallest absolute Gasteiger partial charge is 0.323 e. The molecule has 0 atom stereocenters. The number of benzene rings is 1. The molecule has 0 saturated heterocycles. The summed E-state index contributed by atoms with van der Waals surface area (Å²) >= 11 is 0. The minimum atomic E-state index is -1.03. The van der Waals surface area contributed by atoms with Crippen LogP contribution >= 0.6 is 0 Å². The number of aryl methyl sites for hydroxylation is 1. The summed E-state index contributed by atoms with van der Waals surface area (Å²) in [6.07, 6.45) is 2.07. The maximum atomic E-state index is 11.6. The molecular weight excluding hydrogens is 258 g/mol. The molecule has 20 heavy (non-hydrogen) atoms. The fourth-order valence-electron chi connectivity index (χ4n) is 1.78. The molecule has 1 aliphatic rings. The maximum Gasteiger partial charge on any atom is 0.323 e. The van der Waals surface area contributed by atoms with Crippen LogP contribution in [-0.2, 0) is 16.0 Å². The molecule has 2 rings (SSSR count). The molecule has 5 heteroatoms. The lowest BCUT2D eigenvalue weighted by molar-refractivity contribution is -0.137. The number of nitrogens with zero attached hydrogens (tertiary/aromatic N) is 1. The Bertz CT molecular complexity index is 485. The number of anilines is 1. The molecule has 1 N–H and O–H groups in total. The van der Waals surface area contributed by atoms with Crippen molar-refractivity contribution in [2.24, 2.45) is 0 Å². The Morgan fingerprint density at radius 2 is 2.00 bits per heavy atom. The quantitative estimate of drug-likeness (QED) is 0.923. The number of rotatable bonds is 3. The molecule has 0 bridgehead atoms. The first-order chi connectivity index (χ1) is 9.53. The Balaban J connectivity index is 0.000000612. The number of fused-ring (bicyclic) bond motifs is 1. The fourth-order valence-corrected chi connectivity index (χ4v) is 1.78. The van der Waals surface area contributed by atoms with E-state index in [1.807, 2.05) is 13.0 Å². The summed E-state index contributed by atoms with van der Waals surface area (Å²) in [5.41, 5.74) is 1.58. The lowest BCUT2D eigenvalue weighted by Crippen LogP contribution is -2.42. The third-order valence-electron chi connectivity index (χ3n) is 2.67. The number of aliphatic carboxylic acids is 1. The molecule has 0 fully saturated rings. The highest BCUT2D eigenvalue weighted by Gasteiger charge is 2.27. The van der Waals surface area contributed by atoms with Gasteiger partial charge in [0, 0.05) is 0 Å². The van der Waals surface area contributed by atoms with Gasteiger partial charge in [0.1, 0.15) is 12.3 Å². The highest BCUT2D eigenvalue weighted by atomic mass is 16.5. The summed E-state index contributed by atoms with van der Waals surface area (Å²) in [4.78, 5) is 23.6. The van der Waals surface area contributed by atoms with Gasteiger partial charge >= 0.3 is 5.97 Å². The van der Waals surface area contributed by atoms with Crippen LogP contribution in [0.4, 0.5) is 5.69 Å². The second-order valence-corrected chi connectivity index (χ2v) is 4.53. The Hall–Kier alpha value is -2.04. The number of carboxylic acids is 1. The molecule has 0 unspecified atom stereocenters. The van der Waals surface area contributed by atoms with E-state index in [2.05, 4.69) is 13.8 Å². The third-order valence-corrected chi connectivity index (χ3v) is 2.67. The number of ether oxygens (including phenoxy) is 1. The van der Waals surface area contributed by atoms with Crippen LogP contribution in [0, 0.1) is 0 Å². The molecule has 0 aromatic heterocycles. The summed E-state index contributed by atoms with van der Waals surface area (Å²) in [6, 6.07) is 5.48. The van der Waals surface area contributed by atoms with Crippen molar-refractivity contribution in [3.8, 4) is 5.75 Å². The van der Waals surface area contributed by atoms with Crippen molar-refractivity contribution in [1.82, 2.24) is 0 Å². The van der Waals surface area contributed by atoms with Crippen molar-refractivity contribution < 1.29 is 19.4 Å². The average molecular weight is 279 g/mol. The Labute approximate surface area is 119 Å². The zero-order valence-corrected chi connectivity index (χ0v) is 12.2. The summed E-state index contributed by atoms with van der Waals surface area (Å²) < 4.78 is 5.26. The molecule has 1 amide bonds. The first kappa shape index (κ1) is 16.0. The zero-order valence-electron chi connectivity index (χ0n) is 12.2.